The quantitative estimate of drug-likeness (QED) is 0.613. The summed E-state index contributed by atoms with van der Waals surface area (Å²) in [5, 5.41) is 6.88. The minimum Gasteiger partial charge on any atom is -0.494 e. The number of hydrogen-bond donors (Lipinski definition) is 2. The zero-order valence-corrected chi connectivity index (χ0v) is 14.1. The third-order valence-corrected chi connectivity index (χ3v) is 3.69. The number of hydrogen-bond acceptors (Lipinski definition) is 3. The van der Waals surface area contributed by atoms with Crippen LogP contribution in [0, 0.1) is 0 Å². The van der Waals surface area contributed by atoms with Crippen LogP contribution in [0.2, 0.25) is 0 Å². The first-order chi connectivity index (χ1) is 11.4. The van der Waals surface area contributed by atoms with Crippen molar-refractivity contribution < 1.29 is 4.74 Å². The normalized spacial score (nSPS) is 10.5. The van der Waals surface area contributed by atoms with Crippen LogP contribution >= 0.6 is 0 Å². The molecular formula is C20H28N2O. The average Bonchev–Trinajstić information content (AvgIpc) is 2.60. The Bertz CT molecular complexity index is 525. The Hall–Kier alpha value is -2.00. The Morgan fingerprint density at radius 2 is 1.65 bits per heavy atom. The second-order valence-corrected chi connectivity index (χ2v) is 5.64. The summed E-state index contributed by atoms with van der Waals surface area (Å²) in [4.78, 5) is 0. The first-order valence-corrected chi connectivity index (χ1v) is 8.60. The summed E-state index contributed by atoms with van der Waals surface area (Å²) in [6.07, 6.45) is 3.34. The predicted octanol–water partition coefficient (Wildman–Crippen LogP) is 4.11. The van der Waals surface area contributed by atoms with Crippen molar-refractivity contribution >= 4 is 5.69 Å². The molecule has 124 valence electrons. The van der Waals surface area contributed by atoms with Gasteiger partial charge in [0.1, 0.15) is 5.75 Å². The fourth-order valence-electron chi connectivity index (χ4n) is 2.30. The Morgan fingerprint density at radius 1 is 0.870 bits per heavy atom. The molecule has 0 radical (unpaired) electrons. The van der Waals surface area contributed by atoms with Gasteiger partial charge in [-0.2, -0.15) is 0 Å². The molecule has 0 aliphatic rings. The van der Waals surface area contributed by atoms with Gasteiger partial charge in [-0.1, -0.05) is 43.7 Å². The summed E-state index contributed by atoms with van der Waals surface area (Å²) in [5.74, 6) is 0.949. The molecule has 0 amide bonds. The monoisotopic (exact) mass is 312 g/mol. The number of unbranched alkanes of at least 4 members (excludes halogenated alkanes) is 1. The van der Waals surface area contributed by atoms with Crippen molar-refractivity contribution in [2.24, 2.45) is 0 Å². The van der Waals surface area contributed by atoms with Crippen molar-refractivity contribution in [1.82, 2.24) is 5.32 Å². The highest BCUT2D eigenvalue weighted by Crippen LogP contribution is 2.15. The third-order valence-electron chi connectivity index (χ3n) is 3.69. The van der Waals surface area contributed by atoms with E-state index in [1.54, 1.807) is 0 Å². The highest BCUT2D eigenvalue weighted by Gasteiger charge is 1.96. The lowest BCUT2D eigenvalue weighted by Gasteiger charge is -2.09. The predicted molar refractivity (Wildman–Crippen MR) is 98.4 cm³/mol. The van der Waals surface area contributed by atoms with Gasteiger partial charge in [-0.05, 0) is 49.2 Å². The smallest absolute Gasteiger partial charge is 0.119 e. The van der Waals surface area contributed by atoms with Crippen LogP contribution in [0.3, 0.4) is 0 Å². The van der Waals surface area contributed by atoms with E-state index in [4.69, 9.17) is 4.74 Å². The summed E-state index contributed by atoms with van der Waals surface area (Å²) in [6, 6.07) is 18.8. The molecule has 2 rings (SSSR count). The standard InChI is InChI=1S/C20H28N2O/c1-2-3-17-23-20-11-9-19(10-12-20)22-16-15-21-14-13-18-7-5-4-6-8-18/h4-12,21-22H,2-3,13-17H2,1H3. The van der Waals surface area contributed by atoms with Crippen molar-refractivity contribution in [2.45, 2.75) is 26.2 Å². The van der Waals surface area contributed by atoms with Crippen LogP contribution in [0.1, 0.15) is 25.3 Å². The zero-order valence-electron chi connectivity index (χ0n) is 14.1. The molecule has 2 aromatic rings. The summed E-state index contributed by atoms with van der Waals surface area (Å²) < 4.78 is 5.66. The fourth-order valence-corrected chi connectivity index (χ4v) is 2.30. The molecule has 3 nitrogen and oxygen atoms in total. The van der Waals surface area contributed by atoms with E-state index in [0.717, 1.165) is 56.9 Å². The van der Waals surface area contributed by atoms with Crippen LogP contribution in [0.5, 0.6) is 5.75 Å². The van der Waals surface area contributed by atoms with Crippen LogP contribution in [-0.4, -0.2) is 26.2 Å². The summed E-state index contributed by atoms with van der Waals surface area (Å²) >= 11 is 0. The van der Waals surface area contributed by atoms with Gasteiger partial charge in [0.15, 0.2) is 0 Å². The number of ether oxygens (including phenoxy) is 1. The molecule has 0 atom stereocenters. The number of anilines is 1. The van der Waals surface area contributed by atoms with Gasteiger partial charge in [0.2, 0.25) is 0 Å². The number of rotatable bonds is 11. The van der Waals surface area contributed by atoms with E-state index in [1.165, 1.54) is 5.56 Å². The number of nitrogens with one attached hydrogen (secondary N) is 2. The maximum atomic E-state index is 5.66. The van der Waals surface area contributed by atoms with Crippen molar-refractivity contribution in [3.8, 4) is 5.75 Å². The number of benzene rings is 2. The van der Waals surface area contributed by atoms with Gasteiger partial charge in [0.25, 0.3) is 0 Å². The molecule has 0 heterocycles. The van der Waals surface area contributed by atoms with Crippen LogP contribution in [0.25, 0.3) is 0 Å². The van der Waals surface area contributed by atoms with Gasteiger partial charge >= 0.3 is 0 Å². The van der Waals surface area contributed by atoms with Gasteiger partial charge in [0, 0.05) is 18.8 Å². The molecule has 0 aliphatic heterocycles. The first-order valence-electron chi connectivity index (χ1n) is 8.60. The van der Waals surface area contributed by atoms with Crippen LogP contribution in [0.15, 0.2) is 54.6 Å². The van der Waals surface area contributed by atoms with E-state index in [9.17, 15) is 0 Å². The first kappa shape index (κ1) is 17.4. The molecule has 0 aromatic heterocycles. The maximum absolute atomic E-state index is 5.66. The fraction of sp³-hybridized carbons (Fsp3) is 0.400. The van der Waals surface area contributed by atoms with E-state index in [1.807, 2.05) is 12.1 Å². The molecule has 2 aromatic carbocycles. The zero-order chi connectivity index (χ0) is 16.2. The molecular weight excluding hydrogens is 284 g/mol. The molecule has 0 spiro atoms. The minimum atomic E-state index is 0.800. The highest BCUT2D eigenvalue weighted by atomic mass is 16.5. The van der Waals surface area contributed by atoms with E-state index >= 15 is 0 Å². The molecule has 0 bridgehead atoms. The summed E-state index contributed by atoms with van der Waals surface area (Å²) in [6.45, 7) is 5.86. The van der Waals surface area contributed by atoms with Gasteiger partial charge in [-0.25, -0.2) is 0 Å². The summed E-state index contributed by atoms with van der Waals surface area (Å²) in [5.41, 5.74) is 2.52. The second kappa shape index (κ2) is 10.7. The second-order valence-electron chi connectivity index (χ2n) is 5.64. The minimum absolute atomic E-state index is 0.800. The molecule has 23 heavy (non-hydrogen) atoms. The van der Waals surface area contributed by atoms with Crippen LogP contribution in [0.4, 0.5) is 5.69 Å². The van der Waals surface area contributed by atoms with Gasteiger partial charge in [0.05, 0.1) is 6.61 Å². The Labute approximate surface area is 140 Å². The van der Waals surface area contributed by atoms with Crippen molar-refractivity contribution in [3.63, 3.8) is 0 Å². The molecule has 0 fully saturated rings. The van der Waals surface area contributed by atoms with Crippen molar-refractivity contribution in [3.05, 3.63) is 60.2 Å². The Morgan fingerprint density at radius 3 is 2.39 bits per heavy atom. The topological polar surface area (TPSA) is 33.3 Å². The molecule has 0 unspecified atom stereocenters. The average molecular weight is 312 g/mol. The summed E-state index contributed by atoms with van der Waals surface area (Å²) in [7, 11) is 0. The van der Waals surface area contributed by atoms with E-state index < -0.39 is 0 Å². The van der Waals surface area contributed by atoms with Crippen molar-refractivity contribution in [1.29, 1.82) is 0 Å². The Kier molecular flexibility index (Phi) is 8.06. The molecule has 2 N–H and O–H groups in total. The third kappa shape index (κ3) is 7.20. The lowest BCUT2D eigenvalue weighted by Crippen LogP contribution is -2.24. The van der Waals surface area contributed by atoms with Crippen molar-refractivity contribution in [2.75, 3.05) is 31.6 Å². The SMILES string of the molecule is CCCCOc1ccc(NCCNCCc2ccccc2)cc1. The largest absolute Gasteiger partial charge is 0.494 e. The highest BCUT2D eigenvalue weighted by molar-refractivity contribution is 5.46. The molecule has 0 saturated heterocycles. The van der Waals surface area contributed by atoms with Gasteiger partial charge in [-0.15, -0.1) is 0 Å². The lowest BCUT2D eigenvalue weighted by atomic mass is 10.1. The lowest BCUT2D eigenvalue weighted by molar-refractivity contribution is 0.309. The van der Waals surface area contributed by atoms with E-state index in [-0.39, 0.29) is 0 Å². The van der Waals surface area contributed by atoms with Gasteiger partial charge < -0.3 is 15.4 Å². The maximum Gasteiger partial charge on any atom is 0.119 e. The van der Waals surface area contributed by atoms with Crippen LogP contribution < -0.4 is 15.4 Å². The van der Waals surface area contributed by atoms with E-state index in [0.29, 0.717) is 0 Å². The van der Waals surface area contributed by atoms with Crippen LogP contribution in [-0.2, 0) is 6.42 Å². The van der Waals surface area contributed by atoms with Gasteiger partial charge in [-0.3, -0.25) is 0 Å². The molecule has 3 heteroatoms. The Balaban J connectivity index is 1.55. The van der Waals surface area contributed by atoms with E-state index in [2.05, 4.69) is 60.0 Å². The molecule has 0 aliphatic carbocycles. The molecule has 0 saturated carbocycles.